The summed E-state index contributed by atoms with van der Waals surface area (Å²) in [5.41, 5.74) is 6.97. The first kappa shape index (κ1) is 16.4. The number of imidazole rings is 1. The summed E-state index contributed by atoms with van der Waals surface area (Å²) < 4.78 is 33.5. The van der Waals surface area contributed by atoms with E-state index in [9.17, 15) is 13.6 Å². The van der Waals surface area contributed by atoms with Crippen molar-refractivity contribution < 1.29 is 18.3 Å². The fourth-order valence-corrected chi connectivity index (χ4v) is 3.05. The Labute approximate surface area is 137 Å². The molecule has 0 radical (unpaired) electrons. The summed E-state index contributed by atoms with van der Waals surface area (Å²) in [5.74, 6) is -2.91. The van der Waals surface area contributed by atoms with Gasteiger partial charge in [-0.2, -0.15) is 5.10 Å². The second-order valence-electron chi connectivity index (χ2n) is 6.01. The molecule has 1 atom stereocenters. The zero-order valence-corrected chi connectivity index (χ0v) is 13.0. The van der Waals surface area contributed by atoms with Crippen LogP contribution in [0.5, 0.6) is 0 Å². The van der Waals surface area contributed by atoms with Gasteiger partial charge in [0.15, 0.2) is 5.65 Å². The highest BCUT2D eigenvalue weighted by atomic mass is 19.3. The van der Waals surface area contributed by atoms with E-state index in [-0.39, 0.29) is 31.6 Å². The number of fused-ring (bicyclic) bond motifs is 1. The summed E-state index contributed by atoms with van der Waals surface area (Å²) in [4.78, 5) is 15.7. The predicted molar refractivity (Wildman–Crippen MR) is 83.4 cm³/mol. The van der Waals surface area contributed by atoms with Gasteiger partial charge >= 0.3 is 6.09 Å². The maximum Gasteiger partial charge on any atom is 0.405 e. The average Bonchev–Trinajstić information content (AvgIpc) is 2.95. The molecule has 0 spiro atoms. The summed E-state index contributed by atoms with van der Waals surface area (Å²) in [6.07, 6.45) is 3.20. The average molecular weight is 336 g/mol. The minimum atomic E-state index is -2.66. The van der Waals surface area contributed by atoms with Crippen LogP contribution in [0.3, 0.4) is 0 Å². The van der Waals surface area contributed by atoms with Crippen molar-refractivity contribution in [2.75, 3.05) is 0 Å². The molecule has 6 nitrogen and oxygen atoms in total. The normalized spacial score (nSPS) is 19.1. The third-order valence-corrected chi connectivity index (χ3v) is 4.32. The van der Waals surface area contributed by atoms with Crippen molar-refractivity contribution in [3.8, 4) is 0 Å². The minimum Gasteiger partial charge on any atom is -0.440 e. The van der Waals surface area contributed by atoms with Gasteiger partial charge in [0, 0.05) is 18.8 Å². The van der Waals surface area contributed by atoms with E-state index >= 15 is 0 Å². The molecule has 1 aliphatic carbocycles. The lowest BCUT2D eigenvalue weighted by molar-refractivity contribution is -0.0642. The number of amides is 1. The van der Waals surface area contributed by atoms with Gasteiger partial charge in [-0.15, -0.1) is 0 Å². The number of rotatable bonds is 4. The molecule has 1 fully saturated rings. The van der Waals surface area contributed by atoms with Crippen LogP contribution in [0.2, 0.25) is 0 Å². The second-order valence-corrected chi connectivity index (χ2v) is 6.01. The monoisotopic (exact) mass is 336 g/mol. The second kappa shape index (κ2) is 6.18. The van der Waals surface area contributed by atoms with Crippen LogP contribution < -0.4 is 5.73 Å². The molecule has 24 heavy (non-hydrogen) atoms. The zero-order valence-electron chi connectivity index (χ0n) is 13.0. The van der Waals surface area contributed by atoms with E-state index in [1.54, 1.807) is 24.5 Å². The van der Waals surface area contributed by atoms with Crippen molar-refractivity contribution >= 4 is 17.8 Å². The van der Waals surface area contributed by atoms with E-state index in [4.69, 9.17) is 10.5 Å². The van der Waals surface area contributed by atoms with Crippen LogP contribution >= 0.6 is 0 Å². The largest absolute Gasteiger partial charge is 0.440 e. The summed E-state index contributed by atoms with van der Waals surface area (Å²) in [6, 6.07) is 1.78. The highest BCUT2D eigenvalue weighted by molar-refractivity contribution is 5.65. The van der Waals surface area contributed by atoms with Crippen LogP contribution in [0.4, 0.5) is 13.6 Å². The number of nitrogens with zero attached hydrogens (tertiary/aromatic N) is 3. The fourth-order valence-electron chi connectivity index (χ4n) is 3.05. The van der Waals surface area contributed by atoms with Gasteiger partial charge in [0.25, 0.3) is 0 Å². The Kier molecular flexibility index (Phi) is 4.21. The van der Waals surface area contributed by atoms with Gasteiger partial charge in [0.1, 0.15) is 11.8 Å². The number of aromatic nitrogens is 3. The van der Waals surface area contributed by atoms with Crippen LogP contribution in [0, 0.1) is 5.92 Å². The lowest BCUT2D eigenvalue weighted by Gasteiger charge is -2.32. The first-order valence-electron chi connectivity index (χ1n) is 7.70. The van der Waals surface area contributed by atoms with Gasteiger partial charge in [-0.1, -0.05) is 12.7 Å². The SMILES string of the molecule is C=Cc1cnn2cc([C@@H](OC(N)=O)C3CCC(F)(F)CC3)nc2c1. The zero-order chi connectivity index (χ0) is 17.3. The molecule has 0 saturated heterocycles. The number of ether oxygens (including phenoxy) is 1. The van der Waals surface area contributed by atoms with E-state index < -0.39 is 18.1 Å². The topological polar surface area (TPSA) is 82.5 Å². The van der Waals surface area contributed by atoms with Crippen molar-refractivity contribution in [3.05, 3.63) is 36.3 Å². The molecular formula is C16H18F2N4O2. The van der Waals surface area contributed by atoms with Crippen molar-refractivity contribution in [2.45, 2.75) is 37.7 Å². The van der Waals surface area contributed by atoms with Crippen LogP contribution in [-0.2, 0) is 4.74 Å². The van der Waals surface area contributed by atoms with Gasteiger partial charge < -0.3 is 10.5 Å². The molecule has 2 N–H and O–H groups in total. The van der Waals surface area contributed by atoms with Gasteiger partial charge in [-0.25, -0.2) is 23.1 Å². The quantitative estimate of drug-likeness (QED) is 0.928. The van der Waals surface area contributed by atoms with Gasteiger partial charge in [-0.3, -0.25) is 0 Å². The summed E-state index contributed by atoms with van der Waals surface area (Å²) >= 11 is 0. The summed E-state index contributed by atoms with van der Waals surface area (Å²) in [7, 11) is 0. The van der Waals surface area contributed by atoms with E-state index in [1.165, 1.54) is 4.52 Å². The highest BCUT2D eigenvalue weighted by Crippen LogP contribution is 2.42. The Bertz CT molecular complexity index is 765. The lowest BCUT2D eigenvalue weighted by atomic mass is 9.82. The lowest BCUT2D eigenvalue weighted by Crippen LogP contribution is -2.30. The molecule has 0 aromatic carbocycles. The van der Waals surface area contributed by atoms with Crippen molar-refractivity contribution in [1.82, 2.24) is 14.6 Å². The molecule has 2 heterocycles. The molecule has 128 valence electrons. The first-order valence-corrected chi connectivity index (χ1v) is 7.70. The smallest absolute Gasteiger partial charge is 0.405 e. The number of primary amides is 1. The number of carbonyl (C=O) groups is 1. The third-order valence-electron chi connectivity index (χ3n) is 4.32. The van der Waals surface area contributed by atoms with Crippen molar-refractivity contribution in [1.29, 1.82) is 0 Å². The van der Waals surface area contributed by atoms with Crippen LogP contribution in [0.15, 0.2) is 25.0 Å². The van der Waals surface area contributed by atoms with Gasteiger partial charge in [-0.05, 0) is 24.5 Å². The molecule has 8 heteroatoms. The number of nitrogens with two attached hydrogens (primary N) is 1. The standard InChI is InChI=1S/C16H18F2N4O2/c1-2-10-7-13-21-12(9-22(13)20-8-10)14(24-15(19)23)11-3-5-16(17,18)6-4-11/h2,7-9,11,14H,1,3-6H2,(H2,19,23)/t14-/m0/s1. The third kappa shape index (κ3) is 3.37. The molecule has 0 aliphatic heterocycles. The number of hydrogen-bond donors (Lipinski definition) is 1. The van der Waals surface area contributed by atoms with Crippen LogP contribution in [0.25, 0.3) is 11.7 Å². The molecular weight excluding hydrogens is 318 g/mol. The Balaban J connectivity index is 1.91. The Morgan fingerprint density at radius 1 is 1.50 bits per heavy atom. The Morgan fingerprint density at radius 2 is 2.21 bits per heavy atom. The maximum atomic E-state index is 13.4. The van der Waals surface area contributed by atoms with Gasteiger partial charge in [0.2, 0.25) is 5.92 Å². The highest BCUT2D eigenvalue weighted by Gasteiger charge is 2.40. The molecule has 3 rings (SSSR count). The van der Waals surface area contributed by atoms with Crippen molar-refractivity contribution in [2.24, 2.45) is 11.7 Å². The first-order chi connectivity index (χ1) is 11.4. The molecule has 0 unspecified atom stereocenters. The Morgan fingerprint density at radius 3 is 2.83 bits per heavy atom. The number of hydrogen-bond acceptors (Lipinski definition) is 4. The summed E-state index contributed by atoms with van der Waals surface area (Å²) in [6.45, 7) is 3.67. The molecule has 1 aliphatic rings. The van der Waals surface area contributed by atoms with E-state index in [0.29, 0.717) is 11.3 Å². The van der Waals surface area contributed by atoms with Crippen LogP contribution in [-0.4, -0.2) is 26.6 Å². The molecule has 0 bridgehead atoms. The van der Waals surface area contributed by atoms with E-state index in [0.717, 1.165) is 5.56 Å². The molecule has 2 aromatic rings. The predicted octanol–water partition coefficient (Wildman–Crippen LogP) is 3.33. The molecule has 1 amide bonds. The van der Waals surface area contributed by atoms with E-state index in [2.05, 4.69) is 16.7 Å². The molecule has 2 aromatic heterocycles. The Hall–Kier alpha value is -2.51. The van der Waals surface area contributed by atoms with Crippen LogP contribution in [0.1, 0.15) is 43.0 Å². The van der Waals surface area contributed by atoms with Crippen molar-refractivity contribution in [3.63, 3.8) is 0 Å². The maximum absolute atomic E-state index is 13.4. The molecule has 1 saturated carbocycles. The number of halogens is 2. The number of alkyl halides is 2. The minimum absolute atomic E-state index is 0.234. The van der Waals surface area contributed by atoms with Gasteiger partial charge in [0.05, 0.1) is 12.4 Å². The summed E-state index contributed by atoms with van der Waals surface area (Å²) in [5, 5.41) is 4.19. The van der Waals surface area contributed by atoms with E-state index in [1.807, 2.05) is 0 Å². The number of carbonyl (C=O) groups excluding carboxylic acids is 1. The fraction of sp³-hybridized carbons (Fsp3) is 0.438.